The van der Waals surface area contributed by atoms with Crippen LogP contribution in [0.25, 0.3) is 0 Å². The molecule has 2 unspecified atom stereocenters. The lowest BCUT2D eigenvalue weighted by atomic mass is 10.0. The minimum atomic E-state index is -0.736. The summed E-state index contributed by atoms with van der Waals surface area (Å²) in [7, 11) is 0. The molecule has 0 bridgehead atoms. The standard InChI is InChI=1S/C11H12O2S3/c12-10(13)7-16-11(8-1-3-14-5-8)9-2-4-15-6-9/h1-5,9,11H,6-7H2,(H,12,13). The van der Waals surface area contributed by atoms with Crippen LogP contribution in [0.4, 0.5) is 0 Å². The number of carboxylic acid groups (broad SMARTS) is 1. The Morgan fingerprint density at radius 2 is 2.56 bits per heavy atom. The molecule has 16 heavy (non-hydrogen) atoms. The number of carbonyl (C=O) groups is 1. The van der Waals surface area contributed by atoms with E-state index in [-0.39, 0.29) is 11.0 Å². The van der Waals surface area contributed by atoms with Gasteiger partial charge in [-0.2, -0.15) is 11.3 Å². The van der Waals surface area contributed by atoms with E-state index in [0.717, 1.165) is 5.75 Å². The Morgan fingerprint density at radius 1 is 1.69 bits per heavy atom. The van der Waals surface area contributed by atoms with Crippen LogP contribution in [0, 0.1) is 5.92 Å². The number of rotatable bonds is 5. The van der Waals surface area contributed by atoms with Crippen LogP contribution in [0.2, 0.25) is 0 Å². The largest absolute Gasteiger partial charge is 0.481 e. The van der Waals surface area contributed by atoms with Gasteiger partial charge in [-0.25, -0.2) is 0 Å². The first-order valence-electron chi connectivity index (χ1n) is 4.91. The van der Waals surface area contributed by atoms with Gasteiger partial charge in [-0.3, -0.25) is 4.79 Å². The lowest BCUT2D eigenvalue weighted by Crippen LogP contribution is -2.10. The molecule has 2 heterocycles. The topological polar surface area (TPSA) is 37.3 Å². The van der Waals surface area contributed by atoms with Crippen molar-refractivity contribution < 1.29 is 9.90 Å². The van der Waals surface area contributed by atoms with Gasteiger partial charge in [0.05, 0.1) is 5.75 Å². The lowest BCUT2D eigenvalue weighted by molar-refractivity contribution is -0.133. The molecule has 1 aliphatic heterocycles. The van der Waals surface area contributed by atoms with E-state index in [1.54, 1.807) is 23.1 Å². The molecular formula is C11H12O2S3. The summed E-state index contributed by atoms with van der Waals surface area (Å²) in [5.74, 6) is 0.964. The molecule has 1 aliphatic rings. The summed E-state index contributed by atoms with van der Waals surface area (Å²) in [5.41, 5.74) is 1.26. The van der Waals surface area contributed by atoms with Gasteiger partial charge in [-0.15, -0.1) is 23.5 Å². The third-order valence-corrected chi connectivity index (χ3v) is 5.38. The minimum Gasteiger partial charge on any atom is -0.481 e. The van der Waals surface area contributed by atoms with Gasteiger partial charge in [0.15, 0.2) is 0 Å². The molecule has 86 valence electrons. The fraction of sp³-hybridized carbons (Fsp3) is 0.364. The van der Waals surface area contributed by atoms with Gasteiger partial charge in [0.2, 0.25) is 0 Å². The van der Waals surface area contributed by atoms with Crippen molar-refractivity contribution in [1.82, 2.24) is 0 Å². The number of thiophene rings is 1. The maximum absolute atomic E-state index is 10.6. The molecule has 0 radical (unpaired) electrons. The van der Waals surface area contributed by atoms with Gasteiger partial charge in [0, 0.05) is 16.9 Å². The van der Waals surface area contributed by atoms with Crippen LogP contribution in [0.3, 0.4) is 0 Å². The summed E-state index contributed by atoms with van der Waals surface area (Å²) in [4.78, 5) is 10.6. The summed E-state index contributed by atoms with van der Waals surface area (Å²) in [6.45, 7) is 0. The summed E-state index contributed by atoms with van der Waals surface area (Å²) in [5, 5.41) is 15.3. The molecule has 0 saturated heterocycles. The van der Waals surface area contributed by atoms with Crippen molar-refractivity contribution in [1.29, 1.82) is 0 Å². The minimum absolute atomic E-state index is 0.176. The highest BCUT2D eigenvalue weighted by atomic mass is 32.2. The quantitative estimate of drug-likeness (QED) is 0.890. The number of thioether (sulfide) groups is 2. The first kappa shape index (κ1) is 12.1. The summed E-state index contributed by atoms with van der Waals surface area (Å²) < 4.78 is 0. The molecule has 2 atom stereocenters. The smallest absolute Gasteiger partial charge is 0.313 e. The van der Waals surface area contributed by atoms with Crippen molar-refractivity contribution >= 4 is 40.8 Å². The maximum atomic E-state index is 10.6. The third kappa shape index (κ3) is 3.06. The Morgan fingerprint density at radius 3 is 3.12 bits per heavy atom. The molecule has 0 amide bonds. The van der Waals surface area contributed by atoms with Crippen molar-refractivity contribution in [2.45, 2.75) is 5.25 Å². The molecule has 0 saturated carbocycles. The predicted molar refractivity (Wildman–Crippen MR) is 72.2 cm³/mol. The predicted octanol–water partition coefficient (Wildman–Crippen LogP) is 3.48. The van der Waals surface area contributed by atoms with E-state index in [0.29, 0.717) is 5.92 Å². The molecule has 0 fully saturated rings. The highest BCUT2D eigenvalue weighted by molar-refractivity contribution is 8.02. The molecule has 0 aromatic carbocycles. The van der Waals surface area contributed by atoms with Crippen molar-refractivity contribution in [2.24, 2.45) is 5.92 Å². The normalized spacial score (nSPS) is 21.1. The SMILES string of the molecule is O=C(O)CSC(c1ccsc1)C1C=CSC1. The van der Waals surface area contributed by atoms with Crippen LogP contribution in [0.5, 0.6) is 0 Å². The highest BCUT2D eigenvalue weighted by Gasteiger charge is 2.25. The van der Waals surface area contributed by atoms with E-state index in [1.807, 2.05) is 0 Å². The van der Waals surface area contributed by atoms with E-state index in [4.69, 9.17) is 5.11 Å². The molecule has 0 aliphatic carbocycles. The zero-order chi connectivity index (χ0) is 11.4. The van der Waals surface area contributed by atoms with Crippen LogP contribution in [-0.4, -0.2) is 22.6 Å². The van der Waals surface area contributed by atoms with Gasteiger partial charge in [-0.05, 0) is 27.8 Å². The molecule has 2 rings (SSSR count). The van der Waals surface area contributed by atoms with E-state index in [1.165, 1.54) is 17.3 Å². The van der Waals surface area contributed by atoms with Crippen molar-refractivity contribution in [3.8, 4) is 0 Å². The third-order valence-electron chi connectivity index (χ3n) is 2.36. The first-order valence-corrected chi connectivity index (χ1v) is 7.95. The zero-order valence-electron chi connectivity index (χ0n) is 8.54. The number of hydrogen-bond acceptors (Lipinski definition) is 4. The van der Waals surface area contributed by atoms with Gasteiger partial charge < -0.3 is 5.11 Å². The monoisotopic (exact) mass is 272 g/mol. The van der Waals surface area contributed by atoms with Crippen molar-refractivity contribution in [2.75, 3.05) is 11.5 Å². The number of carboxylic acids is 1. The molecule has 2 nitrogen and oxygen atoms in total. The fourth-order valence-electron chi connectivity index (χ4n) is 1.63. The first-order chi connectivity index (χ1) is 7.77. The lowest BCUT2D eigenvalue weighted by Gasteiger charge is -2.19. The van der Waals surface area contributed by atoms with E-state index >= 15 is 0 Å². The highest BCUT2D eigenvalue weighted by Crippen LogP contribution is 2.41. The van der Waals surface area contributed by atoms with Crippen molar-refractivity contribution in [3.05, 3.63) is 33.9 Å². The molecule has 0 spiro atoms. The summed E-state index contributed by atoms with van der Waals surface area (Å²) in [6, 6.07) is 2.10. The zero-order valence-corrected chi connectivity index (χ0v) is 11.0. The van der Waals surface area contributed by atoms with Crippen LogP contribution >= 0.6 is 34.9 Å². The fourth-order valence-corrected chi connectivity index (χ4v) is 4.58. The second kappa shape index (κ2) is 5.80. The Hall–Kier alpha value is -0.390. The van der Waals surface area contributed by atoms with Crippen LogP contribution in [0.1, 0.15) is 10.8 Å². The Bertz CT molecular complexity index is 373. The number of allylic oxidation sites excluding steroid dienone is 1. The van der Waals surface area contributed by atoms with Crippen LogP contribution in [0.15, 0.2) is 28.3 Å². The van der Waals surface area contributed by atoms with Crippen LogP contribution < -0.4 is 0 Å². The Balaban J connectivity index is 2.06. The summed E-state index contributed by atoms with van der Waals surface area (Å²) >= 11 is 5.00. The average molecular weight is 272 g/mol. The van der Waals surface area contributed by atoms with E-state index in [2.05, 4.69) is 28.3 Å². The van der Waals surface area contributed by atoms with Gasteiger partial charge in [0.1, 0.15) is 0 Å². The van der Waals surface area contributed by atoms with Gasteiger partial charge >= 0.3 is 5.97 Å². The van der Waals surface area contributed by atoms with Crippen LogP contribution in [-0.2, 0) is 4.79 Å². The molecule has 1 N–H and O–H groups in total. The molecule has 1 aromatic rings. The van der Waals surface area contributed by atoms with Gasteiger partial charge in [0.25, 0.3) is 0 Å². The molecular weight excluding hydrogens is 260 g/mol. The summed E-state index contributed by atoms with van der Waals surface area (Å²) in [6.07, 6.45) is 2.20. The number of aliphatic carboxylic acids is 1. The molecule has 1 aromatic heterocycles. The second-order valence-corrected chi connectivity index (χ2v) is 6.36. The second-order valence-electron chi connectivity index (χ2n) is 3.51. The Kier molecular flexibility index (Phi) is 4.37. The number of hydrogen-bond donors (Lipinski definition) is 1. The average Bonchev–Trinajstić information content (AvgIpc) is 2.88. The van der Waals surface area contributed by atoms with Crippen molar-refractivity contribution in [3.63, 3.8) is 0 Å². The maximum Gasteiger partial charge on any atom is 0.313 e. The Labute approximate surface area is 107 Å². The van der Waals surface area contributed by atoms with Gasteiger partial charge in [-0.1, -0.05) is 6.08 Å². The van der Waals surface area contributed by atoms with E-state index in [9.17, 15) is 4.79 Å². The molecule has 5 heteroatoms. The van der Waals surface area contributed by atoms with E-state index < -0.39 is 5.97 Å².